The molecule has 0 aromatic heterocycles. The Morgan fingerprint density at radius 2 is 1.17 bits per heavy atom. The van der Waals surface area contributed by atoms with E-state index in [2.05, 4.69) is 0 Å². The Hall–Kier alpha value is -2.82. The van der Waals surface area contributed by atoms with Gasteiger partial charge in [0.05, 0.1) is 41.1 Å². The number of rotatable bonds is 7. The zero-order chi connectivity index (χ0) is 17.5. The minimum absolute atomic E-state index is 0.669. The second-order valence-corrected chi connectivity index (χ2v) is 4.89. The van der Waals surface area contributed by atoms with E-state index in [4.69, 9.17) is 23.7 Å². The topological polar surface area (TPSA) is 46.2 Å². The lowest BCUT2D eigenvalue weighted by molar-refractivity contribution is 0.355. The summed E-state index contributed by atoms with van der Waals surface area (Å²) in [5.41, 5.74) is 1.79. The molecule has 5 heteroatoms. The van der Waals surface area contributed by atoms with Gasteiger partial charge in [-0.2, -0.15) is 0 Å². The first-order chi connectivity index (χ1) is 11.7. The Balaban J connectivity index is 2.41. The van der Waals surface area contributed by atoms with Gasteiger partial charge in [0.25, 0.3) is 0 Å². The van der Waals surface area contributed by atoms with Gasteiger partial charge < -0.3 is 23.7 Å². The van der Waals surface area contributed by atoms with Crippen LogP contribution < -0.4 is 23.7 Å². The SMILES string of the molecule is COc1cc(OC)c(C=Cc2ccc(OC)c(OC)c2)c(OC)c1. The van der Waals surface area contributed by atoms with Crippen LogP contribution in [0.25, 0.3) is 12.2 Å². The lowest BCUT2D eigenvalue weighted by atomic mass is 10.1. The van der Waals surface area contributed by atoms with Crippen LogP contribution >= 0.6 is 0 Å². The Morgan fingerprint density at radius 1 is 0.583 bits per heavy atom. The van der Waals surface area contributed by atoms with Crippen molar-refractivity contribution in [3.05, 3.63) is 41.5 Å². The Kier molecular flexibility index (Phi) is 5.95. The monoisotopic (exact) mass is 330 g/mol. The fraction of sp³-hybridized carbons (Fsp3) is 0.263. The molecule has 0 spiro atoms. The van der Waals surface area contributed by atoms with Gasteiger partial charge >= 0.3 is 0 Å². The van der Waals surface area contributed by atoms with Crippen LogP contribution in [0, 0.1) is 0 Å². The van der Waals surface area contributed by atoms with Crippen molar-refractivity contribution in [2.45, 2.75) is 0 Å². The minimum atomic E-state index is 0.669. The molecule has 0 fully saturated rings. The first-order valence-corrected chi connectivity index (χ1v) is 7.37. The summed E-state index contributed by atoms with van der Waals surface area (Å²) in [5.74, 6) is 3.38. The van der Waals surface area contributed by atoms with E-state index in [9.17, 15) is 0 Å². The highest BCUT2D eigenvalue weighted by Gasteiger charge is 2.11. The molecule has 0 amide bonds. The highest BCUT2D eigenvalue weighted by atomic mass is 16.5. The second-order valence-electron chi connectivity index (χ2n) is 4.89. The van der Waals surface area contributed by atoms with Crippen LogP contribution in [0.15, 0.2) is 30.3 Å². The van der Waals surface area contributed by atoms with Gasteiger partial charge in [0.15, 0.2) is 11.5 Å². The quantitative estimate of drug-likeness (QED) is 0.721. The molecule has 2 aromatic rings. The molecule has 0 aliphatic rings. The standard InChI is InChI=1S/C19H22O5/c1-20-14-11-17(22-3)15(18(12-14)23-4)8-6-13-7-9-16(21-2)19(10-13)24-5/h6-12H,1-5H3. The van der Waals surface area contributed by atoms with Crippen molar-refractivity contribution < 1.29 is 23.7 Å². The van der Waals surface area contributed by atoms with E-state index >= 15 is 0 Å². The summed E-state index contributed by atoms with van der Waals surface area (Å²) in [6.07, 6.45) is 3.88. The van der Waals surface area contributed by atoms with Gasteiger partial charge in [-0.3, -0.25) is 0 Å². The van der Waals surface area contributed by atoms with Gasteiger partial charge in [-0.1, -0.05) is 12.1 Å². The fourth-order valence-electron chi connectivity index (χ4n) is 2.33. The highest BCUT2D eigenvalue weighted by molar-refractivity contribution is 5.77. The number of hydrogen-bond acceptors (Lipinski definition) is 5. The molecule has 0 aliphatic heterocycles. The molecule has 0 saturated heterocycles. The average molecular weight is 330 g/mol. The number of methoxy groups -OCH3 is 5. The maximum atomic E-state index is 5.44. The molecule has 0 bridgehead atoms. The Labute approximate surface area is 142 Å². The van der Waals surface area contributed by atoms with E-state index in [1.807, 2.05) is 42.5 Å². The third kappa shape index (κ3) is 3.74. The maximum Gasteiger partial charge on any atom is 0.161 e. The van der Waals surface area contributed by atoms with Gasteiger partial charge in [-0.15, -0.1) is 0 Å². The molecule has 2 rings (SSSR count). The van der Waals surface area contributed by atoms with E-state index in [0.717, 1.165) is 11.1 Å². The lowest BCUT2D eigenvalue weighted by Crippen LogP contribution is -1.94. The van der Waals surface area contributed by atoms with Gasteiger partial charge in [0.1, 0.15) is 17.2 Å². The van der Waals surface area contributed by atoms with Gasteiger partial charge in [0, 0.05) is 12.1 Å². The summed E-state index contributed by atoms with van der Waals surface area (Å²) >= 11 is 0. The van der Waals surface area contributed by atoms with Crippen molar-refractivity contribution >= 4 is 12.2 Å². The summed E-state index contributed by atoms with van der Waals surface area (Å²) in [6, 6.07) is 9.34. The molecule has 2 aromatic carbocycles. The van der Waals surface area contributed by atoms with Crippen LogP contribution in [0.2, 0.25) is 0 Å². The van der Waals surface area contributed by atoms with E-state index in [0.29, 0.717) is 28.7 Å². The third-order valence-corrected chi connectivity index (χ3v) is 3.60. The van der Waals surface area contributed by atoms with E-state index in [-0.39, 0.29) is 0 Å². The summed E-state index contributed by atoms with van der Waals surface area (Å²) in [5, 5.41) is 0. The van der Waals surface area contributed by atoms with Crippen LogP contribution in [-0.4, -0.2) is 35.5 Å². The zero-order valence-electron chi connectivity index (χ0n) is 14.6. The first kappa shape index (κ1) is 17.5. The average Bonchev–Trinajstić information content (AvgIpc) is 2.65. The minimum Gasteiger partial charge on any atom is -0.496 e. The molecule has 0 saturated carbocycles. The molecular formula is C19H22O5. The molecular weight excluding hydrogens is 308 g/mol. The molecule has 0 heterocycles. The molecule has 128 valence electrons. The van der Waals surface area contributed by atoms with Crippen molar-refractivity contribution in [1.82, 2.24) is 0 Å². The second kappa shape index (κ2) is 8.15. The zero-order valence-corrected chi connectivity index (χ0v) is 14.6. The molecule has 0 atom stereocenters. The van der Waals surface area contributed by atoms with Crippen molar-refractivity contribution in [1.29, 1.82) is 0 Å². The third-order valence-electron chi connectivity index (χ3n) is 3.60. The van der Waals surface area contributed by atoms with Crippen LogP contribution in [0.3, 0.4) is 0 Å². The predicted octanol–water partition coefficient (Wildman–Crippen LogP) is 3.90. The number of hydrogen-bond donors (Lipinski definition) is 0. The maximum absolute atomic E-state index is 5.44. The highest BCUT2D eigenvalue weighted by Crippen LogP contribution is 2.36. The van der Waals surface area contributed by atoms with Gasteiger partial charge in [-0.05, 0) is 23.8 Å². The van der Waals surface area contributed by atoms with Crippen LogP contribution in [0.1, 0.15) is 11.1 Å². The molecule has 0 aliphatic carbocycles. The molecule has 0 N–H and O–H groups in total. The molecule has 5 nitrogen and oxygen atoms in total. The van der Waals surface area contributed by atoms with Crippen molar-refractivity contribution in [2.75, 3.05) is 35.5 Å². The lowest BCUT2D eigenvalue weighted by Gasteiger charge is -2.12. The van der Waals surface area contributed by atoms with Gasteiger partial charge in [-0.25, -0.2) is 0 Å². The number of benzene rings is 2. The fourth-order valence-corrected chi connectivity index (χ4v) is 2.33. The first-order valence-electron chi connectivity index (χ1n) is 7.37. The largest absolute Gasteiger partial charge is 0.496 e. The molecule has 0 radical (unpaired) electrons. The van der Waals surface area contributed by atoms with E-state index in [1.54, 1.807) is 35.5 Å². The number of ether oxygens (including phenoxy) is 5. The summed E-state index contributed by atoms with van der Waals surface area (Å²) < 4.78 is 26.7. The molecule has 0 unspecified atom stereocenters. The summed E-state index contributed by atoms with van der Waals surface area (Å²) in [4.78, 5) is 0. The van der Waals surface area contributed by atoms with Crippen molar-refractivity contribution in [3.8, 4) is 28.7 Å². The van der Waals surface area contributed by atoms with Crippen LogP contribution in [-0.2, 0) is 0 Å². The Bertz CT molecular complexity index is 697. The smallest absolute Gasteiger partial charge is 0.161 e. The Morgan fingerprint density at radius 3 is 1.67 bits per heavy atom. The van der Waals surface area contributed by atoms with E-state index in [1.165, 1.54) is 0 Å². The molecule has 24 heavy (non-hydrogen) atoms. The van der Waals surface area contributed by atoms with Gasteiger partial charge in [0.2, 0.25) is 0 Å². The summed E-state index contributed by atoms with van der Waals surface area (Å²) in [6.45, 7) is 0. The van der Waals surface area contributed by atoms with Crippen molar-refractivity contribution in [2.24, 2.45) is 0 Å². The van der Waals surface area contributed by atoms with Crippen LogP contribution in [0.4, 0.5) is 0 Å². The van der Waals surface area contributed by atoms with Crippen LogP contribution in [0.5, 0.6) is 28.7 Å². The predicted molar refractivity (Wildman–Crippen MR) is 94.6 cm³/mol. The normalized spacial score (nSPS) is 10.5. The van der Waals surface area contributed by atoms with Crippen molar-refractivity contribution in [3.63, 3.8) is 0 Å². The summed E-state index contributed by atoms with van der Waals surface area (Å²) in [7, 11) is 8.05. The van der Waals surface area contributed by atoms with E-state index < -0.39 is 0 Å².